The summed E-state index contributed by atoms with van der Waals surface area (Å²) in [4.78, 5) is 0. The maximum absolute atomic E-state index is 12.5. The molecule has 2 aromatic rings. The SMILES string of the molecule is CCCCCCCCCCCCCCCCCCCCC=CCCCc1ccccc1C1=C(CC)C(CCCCCCCCCCCCCCCCCCCCCCCCCCCCC)=C(c2cccc(CCCCCC)c2)[N+]1=[N-].[CH3-].[CH3-].[Pd+2]. The summed E-state index contributed by atoms with van der Waals surface area (Å²) in [5.74, 6) is 0. The van der Waals surface area contributed by atoms with Gasteiger partial charge in [0, 0.05) is 22.3 Å². The van der Waals surface area contributed by atoms with Crippen LogP contribution in [0, 0.1) is 14.9 Å². The zero-order chi connectivity index (χ0) is 56.9. The Kier molecular flexibility index (Phi) is 58.7. The first kappa shape index (κ1) is 80.9. The fourth-order valence-corrected chi connectivity index (χ4v) is 13.1. The van der Waals surface area contributed by atoms with Crippen LogP contribution in [0.3, 0.4) is 0 Å². The summed E-state index contributed by atoms with van der Waals surface area (Å²) in [5, 5.41) is 0. The minimum absolute atomic E-state index is 0. The third-order valence-corrected chi connectivity index (χ3v) is 18.2. The summed E-state index contributed by atoms with van der Waals surface area (Å²) in [5.41, 5.74) is 22.4. The van der Waals surface area contributed by atoms with Gasteiger partial charge in [-0.15, -0.1) is 0 Å². The van der Waals surface area contributed by atoms with Crippen LogP contribution < -0.4 is 0 Å². The van der Waals surface area contributed by atoms with E-state index in [2.05, 4.69) is 88.4 Å². The number of hydrogen-bond donors (Lipinski definition) is 0. The van der Waals surface area contributed by atoms with Crippen LogP contribution in [0.25, 0.3) is 16.9 Å². The van der Waals surface area contributed by atoms with E-state index in [1.54, 1.807) is 4.70 Å². The van der Waals surface area contributed by atoms with Crippen molar-refractivity contribution in [3.63, 3.8) is 0 Å². The number of aryl methyl sites for hydroxylation is 2. The van der Waals surface area contributed by atoms with Crippen molar-refractivity contribution in [3.8, 4) is 0 Å². The Morgan fingerprint density at radius 1 is 0.325 bits per heavy atom. The van der Waals surface area contributed by atoms with Crippen molar-refractivity contribution < 1.29 is 25.1 Å². The van der Waals surface area contributed by atoms with Gasteiger partial charge in [0.15, 0.2) is 0 Å². The normalized spacial score (nSPS) is 12.5. The molecule has 1 heterocycles. The van der Waals surface area contributed by atoms with Crippen molar-refractivity contribution in [1.82, 2.24) is 0 Å². The molecule has 0 bridgehead atoms. The minimum atomic E-state index is 0. The maximum Gasteiger partial charge on any atom is 2.00 e. The smallest absolute Gasteiger partial charge is 0.493 e. The van der Waals surface area contributed by atoms with Crippen LogP contribution in [0.5, 0.6) is 0 Å². The number of rotatable bonds is 59. The molecule has 0 fully saturated rings. The molecule has 0 N–H and O–H groups in total. The molecule has 0 aromatic heterocycles. The van der Waals surface area contributed by atoms with E-state index in [0.29, 0.717) is 0 Å². The zero-order valence-corrected chi connectivity index (χ0v) is 58.1. The Labute approximate surface area is 534 Å². The van der Waals surface area contributed by atoms with Crippen LogP contribution in [0.15, 0.2) is 71.8 Å². The second kappa shape index (κ2) is 60.2. The van der Waals surface area contributed by atoms with Gasteiger partial charge < -0.3 is 20.4 Å². The van der Waals surface area contributed by atoms with Gasteiger partial charge in [0.25, 0.3) is 0 Å². The Hall–Kier alpha value is -2.08. The quantitative estimate of drug-likeness (QED) is 0.0207. The van der Waals surface area contributed by atoms with Gasteiger partial charge in [-0.2, -0.15) is 0 Å². The summed E-state index contributed by atoms with van der Waals surface area (Å²) in [6, 6.07) is 18.2. The second-order valence-electron chi connectivity index (χ2n) is 25.6. The predicted octanol–water partition coefficient (Wildman–Crippen LogP) is 28.5. The monoisotopic (exact) mass is 1240 g/mol. The molecule has 1 aliphatic rings. The number of nitrogens with zero attached hydrogens (tertiary/aromatic N) is 2. The van der Waals surface area contributed by atoms with Crippen LogP contribution in [0.1, 0.15) is 397 Å². The van der Waals surface area contributed by atoms with E-state index in [1.165, 1.54) is 354 Å². The molecular weight excluding hydrogens is 1100 g/mol. The standard InChI is InChI=1S/C78H134N2.2CH3.Pd/c1-5-9-12-15-17-19-21-23-25-27-29-31-33-34-35-36-38-40-42-44-46-48-50-52-54-56-59-69-76-74(8-4)78(80(79)77(76)73-67-62-64-71(70-73)63-57-14-11-7-3)75-68-61-60-66-72(75)65-58-55-53-51-49-47-45-43-41-39-37-32-30-28-26-24-22-20-18-16-13-10-6-2;;;/h51,53,60-62,64,66-68,70H,5-50,52,54-59,63,65,69H2,1-4H3;2*1H3;/q;2*-1;+2. The average molecular weight is 1240 g/mol. The summed E-state index contributed by atoms with van der Waals surface area (Å²) in [6.07, 6.45) is 81.9. The molecular formula is C80H140N2Pd. The first-order valence-electron chi connectivity index (χ1n) is 36.4. The molecule has 0 unspecified atom stereocenters. The van der Waals surface area contributed by atoms with Gasteiger partial charge in [0.2, 0.25) is 11.4 Å². The first-order chi connectivity index (χ1) is 39.7. The first-order valence-corrected chi connectivity index (χ1v) is 36.4. The van der Waals surface area contributed by atoms with E-state index >= 15 is 0 Å². The molecule has 480 valence electrons. The third kappa shape index (κ3) is 40.9. The molecule has 0 saturated heterocycles. The number of unbranched alkanes of at least 4 members (excludes halogenated alkanes) is 48. The van der Waals surface area contributed by atoms with Gasteiger partial charge in [0.05, 0.1) is 0 Å². The van der Waals surface area contributed by atoms with Crippen molar-refractivity contribution in [1.29, 1.82) is 0 Å². The van der Waals surface area contributed by atoms with E-state index in [0.717, 1.165) is 49.9 Å². The maximum atomic E-state index is 12.5. The summed E-state index contributed by atoms with van der Waals surface area (Å²) < 4.78 is 1.63. The fraction of sp³-hybridized carbons (Fsp3) is 0.750. The molecule has 3 heteroatoms. The Morgan fingerprint density at radius 3 is 1.06 bits per heavy atom. The van der Waals surface area contributed by atoms with Crippen molar-refractivity contribution in [2.45, 2.75) is 387 Å². The van der Waals surface area contributed by atoms with Gasteiger partial charge >= 0.3 is 20.4 Å². The van der Waals surface area contributed by atoms with E-state index in [9.17, 15) is 5.53 Å². The van der Waals surface area contributed by atoms with Crippen molar-refractivity contribution >= 4 is 11.4 Å². The molecule has 0 radical (unpaired) electrons. The molecule has 0 saturated carbocycles. The molecule has 83 heavy (non-hydrogen) atoms. The fourth-order valence-electron chi connectivity index (χ4n) is 13.1. The molecule has 0 atom stereocenters. The molecule has 3 rings (SSSR count). The summed E-state index contributed by atoms with van der Waals surface area (Å²) >= 11 is 0. The van der Waals surface area contributed by atoms with Crippen LogP contribution in [0.4, 0.5) is 0 Å². The molecule has 0 aliphatic carbocycles. The topological polar surface area (TPSA) is 25.3 Å². The van der Waals surface area contributed by atoms with E-state index in [-0.39, 0.29) is 35.3 Å². The number of benzene rings is 2. The molecule has 2 aromatic carbocycles. The largest absolute Gasteiger partial charge is 2.00 e. The van der Waals surface area contributed by atoms with E-state index in [1.807, 2.05) is 0 Å². The Bertz CT molecular complexity index is 1830. The molecule has 1 aliphatic heterocycles. The van der Waals surface area contributed by atoms with Gasteiger partial charge in [-0.05, 0) is 93.5 Å². The second-order valence-corrected chi connectivity index (χ2v) is 25.6. The summed E-state index contributed by atoms with van der Waals surface area (Å²) in [7, 11) is 0. The van der Waals surface area contributed by atoms with E-state index in [4.69, 9.17) is 0 Å². The van der Waals surface area contributed by atoms with Crippen molar-refractivity contribution in [3.05, 3.63) is 114 Å². The average Bonchev–Trinajstić information content (AvgIpc) is 3.60. The van der Waals surface area contributed by atoms with Crippen LogP contribution in [0.2, 0.25) is 0 Å². The number of hydrogen-bond acceptors (Lipinski definition) is 0. The summed E-state index contributed by atoms with van der Waals surface area (Å²) in [6.45, 7) is 9.23. The number of allylic oxidation sites excluding steroid dienone is 4. The van der Waals surface area contributed by atoms with Gasteiger partial charge in [-0.1, -0.05) is 366 Å². The third-order valence-electron chi connectivity index (χ3n) is 18.2. The zero-order valence-electron chi connectivity index (χ0n) is 56.6. The van der Waals surface area contributed by atoms with Crippen LogP contribution in [-0.2, 0) is 33.3 Å². The van der Waals surface area contributed by atoms with Crippen LogP contribution >= 0.6 is 0 Å². The van der Waals surface area contributed by atoms with Crippen molar-refractivity contribution in [2.24, 2.45) is 0 Å². The molecule has 0 amide bonds. The van der Waals surface area contributed by atoms with Crippen LogP contribution in [-0.4, -0.2) is 4.70 Å². The Morgan fingerprint density at radius 2 is 0.663 bits per heavy atom. The predicted molar refractivity (Wildman–Crippen MR) is 372 cm³/mol. The van der Waals surface area contributed by atoms with Gasteiger partial charge in [0.1, 0.15) is 0 Å². The molecule has 2 nitrogen and oxygen atoms in total. The van der Waals surface area contributed by atoms with E-state index < -0.39 is 0 Å². The van der Waals surface area contributed by atoms with Gasteiger partial charge in [-0.3, -0.25) is 0 Å². The Balaban J connectivity index is 0.0000224. The molecule has 0 spiro atoms. The minimum Gasteiger partial charge on any atom is -0.493 e. The van der Waals surface area contributed by atoms with Crippen molar-refractivity contribution in [2.75, 3.05) is 0 Å². The van der Waals surface area contributed by atoms with Gasteiger partial charge in [-0.25, -0.2) is 4.70 Å².